The van der Waals surface area contributed by atoms with Gasteiger partial charge in [0.1, 0.15) is 0 Å². The predicted octanol–water partition coefficient (Wildman–Crippen LogP) is 2.40. The van der Waals surface area contributed by atoms with Crippen molar-refractivity contribution in [2.45, 2.75) is 25.7 Å². The molecule has 1 atom stereocenters. The van der Waals surface area contributed by atoms with E-state index in [4.69, 9.17) is 9.63 Å². The van der Waals surface area contributed by atoms with Gasteiger partial charge >= 0.3 is 6.18 Å². The molecular formula is C14H16F3N3O2. The first kappa shape index (κ1) is 16.4. The van der Waals surface area contributed by atoms with E-state index in [1.54, 1.807) is 0 Å². The summed E-state index contributed by atoms with van der Waals surface area (Å²) in [5.41, 5.74) is 1.81. The number of aromatic nitrogens is 2. The van der Waals surface area contributed by atoms with E-state index in [2.05, 4.69) is 10.1 Å². The number of hydrogen-bond acceptors (Lipinski definition) is 5. The van der Waals surface area contributed by atoms with Gasteiger partial charge in [-0.3, -0.25) is 4.90 Å². The minimum Gasteiger partial charge on any atom is -0.382 e. The molecule has 0 aliphatic carbocycles. The second-order valence-corrected chi connectivity index (χ2v) is 5.14. The molecule has 2 rings (SSSR count). The maximum atomic E-state index is 12.3. The van der Waals surface area contributed by atoms with Crippen LogP contribution in [-0.2, 0) is 6.54 Å². The van der Waals surface area contributed by atoms with Crippen LogP contribution in [0.2, 0.25) is 0 Å². The Balaban J connectivity index is 2.00. The van der Waals surface area contributed by atoms with E-state index in [1.807, 2.05) is 31.2 Å². The van der Waals surface area contributed by atoms with Crippen molar-refractivity contribution >= 4 is 0 Å². The standard InChI is InChI=1S/C14H16F3N3O2/c1-9-4-3-5-10(6-9)13-18-12(22-19-13)8-20(2)7-11(21)14(15,16)17/h3-6,11,21H,7-8H2,1-2H3. The highest BCUT2D eigenvalue weighted by atomic mass is 19.4. The average molecular weight is 315 g/mol. The Hall–Kier alpha value is -1.93. The molecular weight excluding hydrogens is 299 g/mol. The lowest BCUT2D eigenvalue weighted by Gasteiger charge is -2.20. The number of hydrogen-bond donors (Lipinski definition) is 1. The number of aliphatic hydroxyl groups excluding tert-OH is 1. The van der Waals surface area contributed by atoms with E-state index in [-0.39, 0.29) is 12.4 Å². The molecule has 0 saturated carbocycles. The lowest BCUT2D eigenvalue weighted by Crippen LogP contribution is -2.39. The second kappa shape index (κ2) is 6.45. The van der Waals surface area contributed by atoms with E-state index >= 15 is 0 Å². The molecule has 0 aliphatic rings. The highest BCUT2D eigenvalue weighted by molar-refractivity contribution is 5.55. The van der Waals surface area contributed by atoms with Crippen LogP contribution in [0.25, 0.3) is 11.4 Å². The van der Waals surface area contributed by atoms with E-state index in [0.717, 1.165) is 11.1 Å². The minimum atomic E-state index is -4.64. The third kappa shape index (κ3) is 4.28. The van der Waals surface area contributed by atoms with E-state index < -0.39 is 18.8 Å². The molecule has 0 bridgehead atoms. The summed E-state index contributed by atoms with van der Waals surface area (Å²) in [6, 6.07) is 7.48. The predicted molar refractivity (Wildman–Crippen MR) is 72.9 cm³/mol. The van der Waals surface area contributed by atoms with Crippen LogP contribution < -0.4 is 0 Å². The van der Waals surface area contributed by atoms with Gasteiger partial charge in [0, 0.05) is 12.1 Å². The van der Waals surface area contributed by atoms with Gasteiger partial charge in [-0.1, -0.05) is 28.9 Å². The summed E-state index contributed by atoms with van der Waals surface area (Å²) in [5.74, 6) is 0.567. The lowest BCUT2D eigenvalue weighted by molar-refractivity contribution is -0.207. The number of aryl methyl sites for hydroxylation is 1. The second-order valence-electron chi connectivity index (χ2n) is 5.14. The van der Waals surface area contributed by atoms with E-state index in [9.17, 15) is 13.2 Å². The molecule has 22 heavy (non-hydrogen) atoms. The Morgan fingerprint density at radius 3 is 2.73 bits per heavy atom. The molecule has 5 nitrogen and oxygen atoms in total. The van der Waals surface area contributed by atoms with Crippen LogP contribution in [0.3, 0.4) is 0 Å². The van der Waals surface area contributed by atoms with Crippen LogP contribution in [0.4, 0.5) is 13.2 Å². The molecule has 1 unspecified atom stereocenters. The SMILES string of the molecule is Cc1cccc(-c2noc(CN(C)CC(O)C(F)(F)F)n2)c1. The largest absolute Gasteiger partial charge is 0.415 e. The van der Waals surface area contributed by atoms with Gasteiger partial charge in [0.05, 0.1) is 6.54 Å². The van der Waals surface area contributed by atoms with Crippen molar-refractivity contribution < 1.29 is 22.8 Å². The molecule has 2 aromatic rings. The normalized spacial score (nSPS) is 13.6. The van der Waals surface area contributed by atoms with Crippen molar-refractivity contribution in [1.82, 2.24) is 15.0 Å². The topological polar surface area (TPSA) is 62.4 Å². The third-order valence-corrected chi connectivity index (χ3v) is 3.01. The van der Waals surface area contributed by atoms with Crippen molar-refractivity contribution in [3.63, 3.8) is 0 Å². The van der Waals surface area contributed by atoms with Gasteiger partial charge in [-0.25, -0.2) is 0 Å². The fourth-order valence-electron chi connectivity index (χ4n) is 1.91. The van der Waals surface area contributed by atoms with Crippen molar-refractivity contribution in [2.24, 2.45) is 0 Å². The molecule has 0 aliphatic heterocycles. The third-order valence-electron chi connectivity index (χ3n) is 3.01. The number of halogens is 3. The number of benzene rings is 1. The molecule has 1 aromatic carbocycles. The minimum absolute atomic E-state index is 0.0198. The van der Waals surface area contributed by atoms with Gasteiger partial charge in [0.15, 0.2) is 6.10 Å². The Morgan fingerprint density at radius 1 is 1.36 bits per heavy atom. The number of alkyl halides is 3. The van der Waals surface area contributed by atoms with E-state index in [1.165, 1.54) is 11.9 Å². The van der Waals surface area contributed by atoms with Gasteiger partial charge < -0.3 is 9.63 Å². The summed E-state index contributed by atoms with van der Waals surface area (Å²) < 4.78 is 41.9. The summed E-state index contributed by atoms with van der Waals surface area (Å²) in [7, 11) is 1.44. The van der Waals surface area contributed by atoms with Gasteiger partial charge in [0.25, 0.3) is 0 Å². The van der Waals surface area contributed by atoms with Crippen LogP contribution in [0.15, 0.2) is 28.8 Å². The lowest BCUT2D eigenvalue weighted by atomic mass is 10.1. The first-order valence-corrected chi connectivity index (χ1v) is 6.58. The molecule has 0 saturated heterocycles. The number of nitrogens with zero attached hydrogens (tertiary/aromatic N) is 3. The zero-order chi connectivity index (χ0) is 16.3. The molecule has 0 radical (unpaired) electrons. The zero-order valence-electron chi connectivity index (χ0n) is 12.1. The van der Waals surface area contributed by atoms with Crippen molar-refractivity contribution in [3.05, 3.63) is 35.7 Å². The molecule has 120 valence electrons. The van der Waals surface area contributed by atoms with Gasteiger partial charge in [-0.15, -0.1) is 0 Å². The first-order chi connectivity index (χ1) is 10.3. The quantitative estimate of drug-likeness (QED) is 0.918. The molecule has 1 N–H and O–H groups in total. The van der Waals surface area contributed by atoms with Crippen LogP contribution in [0.1, 0.15) is 11.5 Å². The van der Waals surface area contributed by atoms with Crippen LogP contribution in [-0.4, -0.2) is 46.0 Å². The summed E-state index contributed by atoms with van der Waals surface area (Å²) in [6.45, 7) is 1.38. The highest BCUT2D eigenvalue weighted by Gasteiger charge is 2.38. The Bertz CT molecular complexity index is 628. The van der Waals surface area contributed by atoms with Gasteiger partial charge in [-0.2, -0.15) is 18.2 Å². The Labute approximate surface area is 125 Å². The molecule has 8 heteroatoms. The van der Waals surface area contributed by atoms with E-state index in [0.29, 0.717) is 5.82 Å². The number of rotatable bonds is 5. The number of aliphatic hydroxyl groups is 1. The summed E-state index contributed by atoms with van der Waals surface area (Å²) in [5, 5.41) is 12.8. The van der Waals surface area contributed by atoms with Crippen molar-refractivity contribution in [1.29, 1.82) is 0 Å². The highest BCUT2D eigenvalue weighted by Crippen LogP contribution is 2.21. The zero-order valence-corrected chi connectivity index (χ0v) is 12.1. The smallest absolute Gasteiger partial charge is 0.382 e. The Morgan fingerprint density at radius 2 is 2.09 bits per heavy atom. The van der Waals surface area contributed by atoms with Crippen LogP contribution in [0.5, 0.6) is 0 Å². The summed E-state index contributed by atoms with van der Waals surface area (Å²) in [4.78, 5) is 5.42. The van der Waals surface area contributed by atoms with Crippen LogP contribution >= 0.6 is 0 Å². The average Bonchev–Trinajstić information content (AvgIpc) is 2.86. The summed E-state index contributed by atoms with van der Waals surface area (Å²) >= 11 is 0. The fraction of sp³-hybridized carbons (Fsp3) is 0.429. The monoisotopic (exact) mass is 315 g/mol. The fourth-order valence-corrected chi connectivity index (χ4v) is 1.91. The van der Waals surface area contributed by atoms with Gasteiger partial charge in [-0.05, 0) is 20.0 Å². The molecule has 1 heterocycles. The van der Waals surface area contributed by atoms with Crippen molar-refractivity contribution in [3.8, 4) is 11.4 Å². The van der Waals surface area contributed by atoms with Gasteiger partial charge in [0.2, 0.25) is 11.7 Å². The molecule has 0 fully saturated rings. The Kier molecular flexibility index (Phi) is 4.82. The molecule has 0 spiro atoms. The summed E-state index contributed by atoms with van der Waals surface area (Å²) in [6.07, 6.45) is -7.05. The first-order valence-electron chi connectivity index (χ1n) is 6.58. The number of likely N-dealkylation sites (N-methyl/N-ethyl adjacent to an activating group) is 1. The van der Waals surface area contributed by atoms with Crippen molar-refractivity contribution in [2.75, 3.05) is 13.6 Å². The molecule has 1 aromatic heterocycles. The maximum absolute atomic E-state index is 12.3. The van der Waals surface area contributed by atoms with Crippen LogP contribution in [0, 0.1) is 6.92 Å². The molecule has 0 amide bonds. The maximum Gasteiger partial charge on any atom is 0.415 e.